The maximum Gasteiger partial charge on any atom is 0.315 e. The maximum absolute atomic E-state index is 13.9. The topological polar surface area (TPSA) is 151 Å². The molecule has 0 spiro atoms. The second-order valence-electron chi connectivity index (χ2n) is 13.0. The predicted octanol–water partition coefficient (Wildman–Crippen LogP) is 2.39. The summed E-state index contributed by atoms with van der Waals surface area (Å²) in [7, 11) is 0. The van der Waals surface area contributed by atoms with Gasteiger partial charge >= 0.3 is 6.03 Å². The molecule has 0 bridgehead atoms. The van der Waals surface area contributed by atoms with E-state index < -0.39 is 47.3 Å². The summed E-state index contributed by atoms with van der Waals surface area (Å²) in [6.07, 6.45) is 8.37. The van der Waals surface area contributed by atoms with Crippen LogP contribution >= 0.6 is 0 Å². The van der Waals surface area contributed by atoms with Gasteiger partial charge in [0.05, 0.1) is 6.04 Å². The lowest BCUT2D eigenvalue weighted by molar-refractivity contribution is -0.143. The molecule has 1 saturated carbocycles. The summed E-state index contributed by atoms with van der Waals surface area (Å²) in [6.45, 7) is 10.2. The standard InChI is InChI=1S/C28H47N5O5/c1-27(2,3)32-26(38)31-19-15-13-11-9-7-6-8-10-12-14-18(22(34)23(29)35)30-24(36)21-20-17(28(20,4)5)16-33(21)25(19)37/h17-21H,6-16H2,1-5H3,(H2,29,35)(H,30,36)(H2,31,32,38)/t17-,18-,19-,20-,21-/m0/s1. The molecule has 0 aromatic heterocycles. The molecule has 0 unspecified atom stereocenters. The van der Waals surface area contributed by atoms with Crippen LogP contribution in [0.15, 0.2) is 0 Å². The van der Waals surface area contributed by atoms with Crippen LogP contribution < -0.4 is 21.7 Å². The second-order valence-corrected chi connectivity index (χ2v) is 13.0. The van der Waals surface area contributed by atoms with Crippen molar-refractivity contribution < 1.29 is 24.0 Å². The van der Waals surface area contributed by atoms with E-state index in [0.717, 1.165) is 44.9 Å². The van der Waals surface area contributed by atoms with Crippen LogP contribution in [-0.4, -0.2) is 64.6 Å². The lowest BCUT2D eigenvalue weighted by Gasteiger charge is -2.34. The number of carbonyl (C=O) groups is 5. The molecule has 3 rings (SSSR count). The number of nitrogens with one attached hydrogen (secondary N) is 3. The zero-order chi connectivity index (χ0) is 28.3. The molecule has 10 nitrogen and oxygen atoms in total. The molecule has 0 aromatic rings. The molecule has 3 aliphatic rings. The number of ketones is 1. The van der Waals surface area contributed by atoms with E-state index in [1.54, 1.807) is 4.90 Å². The number of fused-ring (bicyclic) bond motifs is 3. The summed E-state index contributed by atoms with van der Waals surface area (Å²) in [5.41, 5.74) is 4.71. The van der Waals surface area contributed by atoms with Gasteiger partial charge in [0.25, 0.3) is 5.91 Å². The molecule has 5 N–H and O–H groups in total. The minimum absolute atomic E-state index is 0.0538. The molecule has 3 fully saturated rings. The predicted molar refractivity (Wildman–Crippen MR) is 144 cm³/mol. The highest BCUT2D eigenvalue weighted by molar-refractivity contribution is 6.37. The van der Waals surface area contributed by atoms with Gasteiger partial charge in [-0.25, -0.2) is 4.79 Å². The van der Waals surface area contributed by atoms with E-state index in [9.17, 15) is 24.0 Å². The SMILES string of the molecule is CC(C)(C)NC(=O)N[C@H]1CCCCCCCCCC[C@@H](C(=O)C(N)=O)NC(=O)[C@@H]2[C@@H]3[C@H](CN2C1=O)C3(C)C. The highest BCUT2D eigenvalue weighted by Gasteiger charge is 2.69. The number of hydrogen-bond acceptors (Lipinski definition) is 5. The van der Waals surface area contributed by atoms with E-state index in [0.29, 0.717) is 25.8 Å². The molecular weight excluding hydrogens is 486 g/mol. The van der Waals surface area contributed by atoms with Gasteiger partial charge in [0.15, 0.2) is 0 Å². The van der Waals surface area contributed by atoms with E-state index in [-0.39, 0.29) is 23.2 Å². The highest BCUT2D eigenvalue weighted by atomic mass is 16.2. The van der Waals surface area contributed by atoms with Crippen molar-refractivity contribution in [1.29, 1.82) is 0 Å². The molecule has 38 heavy (non-hydrogen) atoms. The van der Waals surface area contributed by atoms with Gasteiger partial charge in [0.1, 0.15) is 12.1 Å². The molecule has 214 valence electrons. The minimum Gasteiger partial charge on any atom is -0.363 e. The number of primary amides is 1. The van der Waals surface area contributed by atoms with Gasteiger partial charge in [-0.3, -0.25) is 19.2 Å². The summed E-state index contributed by atoms with van der Waals surface area (Å²) in [4.78, 5) is 66.1. The third-order valence-electron chi connectivity index (χ3n) is 8.46. The van der Waals surface area contributed by atoms with Crippen molar-refractivity contribution in [3.63, 3.8) is 0 Å². The molecule has 2 aliphatic heterocycles. The molecule has 1 aliphatic carbocycles. The van der Waals surface area contributed by atoms with Crippen molar-refractivity contribution in [3.05, 3.63) is 0 Å². The Hall–Kier alpha value is -2.65. The summed E-state index contributed by atoms with van der Waals surface area (Å²) >= 11 is 0. The number of rotatable bonds is 3. The number of nitrogens with two attached hydrogens (primary N) is 1. The number of Topliss-reactive ketones (excluding diaryl/α,β-unsaturated/α-hetero) is 1. The fourth-order valence-electron chi connectivity index (χ4n) is 6.26. The average Bonchev–Trinajstić information content (AvgIpc) is 3.14. The van der Waals surface area contributed by atoms with E-state index in [1.807, 2.05) is 20.8 Å². The highest BCUT2D eigenvalue weighted by Crippen LogP contribution is 2.64. The quantitative estimate of drug-likeness (QED) is 0.411. The Morgan fingerprint density at radius 2 is 1.50 bits per heavy atom. The lowest BCUT2D eigenvalue weighted by Crippen LogP contribution is -2.59. The fourth-order valence-corrected chi connectivity index (χ4v) is 6.26. The van der Waals surface area contributed by atoms with Gasteiger partial charge in [0, 0.05) is 12.1 Å². The number of carbonyl (C=O) groups excluding carboxylic acids is 5. The number of piperidine rings is 1. The van der Waals surface area contributed by atoms with Crippen LogP contribution in [0.5, 0.6) is 0 Å². The van der Waals surface area contributed by atoms with Gasteiger partial charge < -0.3 is 26.6 Å². The molecule has 5 amide bonds. The first-order valence-corrected chi connectivity index (χ1v) is 14.3. The Kier molecular flexibility index (Phi) is 9.47. The van der Waals surface area contributed by atoms with Gasteiger partial charge in [-0.15, -0.1) is 0 Å². The molecule has 0 radical (unpaired) electrons. The fraction of sp³-hybridized carbons (Fsp3) is 0.821. The van der Waals surface area contributed by atoms with Crippen LogP contribution in [0, 0.1) is 17.3 Å². The van der Waals surface area contributed by atoms with Crippen LogP contribution in [0.2, 0.25) is 0 Å². The van der Waals surface area contributed by atoms with Crippen molar-refractivity contribution in [1.82, 2.24) is 20.9 Å². The first-order valence-electron chi connectivity index (χ1n) is 14.3. The van der Waals surface area contributed by atoms with Crippen LogP contribution in [0.4, 0.5) is 4.79 Å². The van der Waals surface area contributed by atoms with Gasteiger partial charge in [0.2, 0.25) is 17.6 Å². The summed E-state index contributed by atoms with van der Waals surface area (Å²) in [5.74, 6) is -2.49. The van der Waals surface area contributed by atoms with Crippen molar-refractivity contribution in [2.45, 2.75) is 122 Å². The van der Waals surface area contributed by atoms with Crippen LogP contribution in [-0.2, 0) is 19.2 Å². The first kappa shape index (κ1) is 29.9. The zero-order valence-electron chi connectivity index (χ0n) is 23.7. The second kappa shape index (κ2) is 12.0. The molecule has 2 heterocycles. The van der Waals surface area contributed by atoms with E-state index in [2.05, 4.69) is 29.8 Å². The molecule has 5 atom stereocenters. The Labute approximate surface area is 226 Å². The number of urea groups is 1. The van der Waals surface area contributed by atoms with Gasteiger partial charge in [-0.1, -0.05) is 65.2 Å². The zero-order valence-corrected chi connectivity index (χ0v) is 23.7. The van der Waals surface area contributed by atoms with Gasteiger partial charge in [-0.05, 0) is 50.9 Å². The number of amides is 5. The van der Waals surface area contributed by atoms with Gasteiger partial charge in [-0.2, -0.15) is 0 Å². The minimum atomic E-state index is -1.07. The Morgan fingerprint density at radius 1 is 0.947 bits per heavy atom. The Morgan fingerprint density at radius 3 is 2.05 bits per heavy atom. The molecule has 2 saturated heterocycles. The Bertz CT molecular complexity index is 927. The van der Waals surface area contributed by atoms with Crippen molar-refractivity contribution in [2.24, 2.45) is 23.0 Å². The Balaban J connectivity index is 1.86. The lowest BCUT2D eigenvalue weighted by atomic mass is 9.97. The van der Waals surface area contributed by atoms with E-state index in [4.69, 9.17) is 5.73 Å². The van der Waals surface area contributed by atoms with Crippen LogP contribution in [0.1, 0.15) is 98.8 Å². The first-order chi connectivity index (χ1) is 17.7. The van der Waals surface area contributed by atoms with Crippen LogP contribution in [0.25, 0.3) is 0 Å². The third-order valence-corrected chi connectivity index (χ3v) is 8.46. The maximum atomic E-state index is 13.9. The molecular formula is C28H47N5O5. The average molecular weight is 534 g/mol. The van der Waals surface area contributed by atoms with E-state index in [1.165, 1.54) is 0 Å². The number of nitrogens with zero attached hydrogens (tertiary/aromatic N) is 1. The number of hydrogen-bond donors (Lipinski definition) is 4. The smallest absolute Gasteiger partial charge is 0.315 e. The van der Waals surface area contributed by atoms with E-state index >= 15 is 0 Å². The largest absolute Gasteiger partial charge is 0.363 e. The summed E-state index contributed by atoms with van der Waals surface area (Å²) in [6, 6.07) is -2.94. The van der Waals surface area contributed by atoms with Crippen molar-refractivity contribution >= 4 is 29.5 Å². The molecule has 10 heteroatoms. The van der Waals surface area contributed by atoms with Crippen LogP contribution in [0.3, 0.4) is 0 Å². The van der Waals surface area contributed by atoms with Crippen molar-refractivity contribution in [2.75, 3.05) is 6.54 Å². The van der Waals surface area contributed by atoms with Crippen molar-refractivity contribution in [3.8, 4) is 0 Å². The third kappa shape index (κ3) is 7.26. The normalized spacial score (nSPS) is 30.8. The summed E-state index contributed by atoms with van der Waals surface area (Å²) in [5, 5.41) is 8.51. The summed E-state index contributed by atoms with van der Waals surface area (Å²) < 4.78 is 0. The monoisotopic (exact) mass is 533 g/mol. The molecule has 0 aromatic carbocycles.